The normalized spacial score (nSPS) is 11.3. The lowest BCUT2D eigenvalue weighted by Gasteiger charge is -2.11. The van der Waals surface area contributed by atoms with Gasteiger partial charge in [0.05, 0.1) is 7.11 Å². The van der Waals surface area contributed by atoms with Crippen molar-refractivity contribution in [2.24, 2.45) is 0 Å². The van der Waals surface area contributed by atoms with Gasteiger partial charge in [0.2, 0.25) is 5.95 Å². The van der Waals surface area contributed by atoms with Gasteiger partial charge in [-0.2, -0.15) is 18.2 Å². The number of methoxy groups -OCH3 is 1. The highest BCUT2D eigenvalue weighted by Gasteiger charge is 2.33. The van der Waals surface area contributed by atoms with Gasteiger partial charge >= 0.3 is 6.18 Å². The molecule has 112 valence electrons. The maximum Gasteiger partial charge on any atom is 0.433 e. The Bertz CT molecular complexity index is 660. The molecule has 9 heteroatoms. The van der Waals surface area contributed by atoms with Crippen LogP contribution in [-0.2, 0) is 6.18 Å². The smallest absolute Gasteiger partial charge is 0.433 e. The first kappa shape index (κ1) is 14.8. The Morgan fingerprint density at radius 3 is 2.52 bits per heavy atom. The van der Waals surface area contributed by atoms with Crippen molar-refractivity contribution < 1.29 is 22.3 Å². The van der Waals surface area contributed by atoms with E-state index in [-0.39, 0.29) is 11.6 Å². The number of halogens is 4. The van der Waals surface area contributed by atoms with Crippen molar-refractivity contribution in [3.05, 3.63) is 35.8 Å². The van der Waals surface area contributed by atoms with Gasteiger partial charge in [-0.25, -0.2) is 9.37 Å². The number of ether oxygens (including phenoxy) is 1. The van der Waals surface area contributed by atoms with Crippen LogP contribution in [0, 0.1) is 5.82 Å². The second-order valence-corrected chi connectivity index (χ2v) is 3.97. The molecular weight excluding hydrogens is 292 g/mol. The maximum absolute atomic E-state index is 13.2. The Kier molecular flexibility index (Phi) is 3.83. The molecule has 0 aliphatic heterocycles. The predicted octanol–water partition coefficient (Wildman–Crippen LogP) is 2.97. The zero-order chi connectivity index (χ0) is 15.6. The lowest BCUT2D eigenvalue weighted by Crippen LogP contribution is -2.12. The second-order valence-electron chi connectivity index (χ2n) is 3.97. The summed E-state index contributed by atoms with van der Waals surface area (Å²) < 4.78 is 55.9. The number of rotatable bonds is 3. The minimum absolute atomic E-state index is 0.0573. The molecule has 0 aliphatic rings. The number of nitrogens with zero attached hydrogens (tertiary/aromatic N) is 2. The van der Waals surface area contributed by atoms with Gasteiger partial charge < -0.3 is 15.8 Å². The highest BCUT2D eigenvalue weighted by Crippen LogP contribution is 2.30. The van der Waals surface area contributed by atoms with E-state index in [0.29, 0.717) is 11.8 Å². The highest BCUT2D eigenvalue weighted by molar-refractivity contribution is 5.59. The molecule has 0 fully saturated rings. The first-order valence-corrected chi connectivity index (χ1v) is 5.62. The van der Waals surface area contributed by atoms with Crippen molar-refractivity contribution in [3.8, 4) is 5.75 Å². The summed E-state index contributed by atoms with van der Waals surface area (Å²) in [5.74, 6) is -1.34. The van der Waals surface area contributed by atoms with Crippen LogP contribution in [-0.4, -0.2) is 17.1 Å². The topological polar surface area (TPSA) is 73.1 Å². The summed E-state index contributed by atoms with van der Waals surface area (Å²) in [5, 5.41) is 2.58. The number of aromatic nitrogens is 2. The van der Waals surface area contributed by atoms with Crippen LogP contribution in [0.2, 0.25) is 0 Å². The number of nitrogen functional groups attached to an aromatic ring is 1. The van der Waals surface area contributed by atoms with Crippen molar-refractivity contribution in [1.29, 1.82) is 0 Å². The summed E-state index contributed by atoms with van der Waals surface area (Å²) in [6.07, 6.45) is -4.64. The van der Waals surface area contributed by atoms with Crippen molar-refractivity contribution in [3.63, 3.8) is 0 Å². The summed E-state index contributed by atoms with van der Waals surface area (Å²) in [4.78, 5) is 6.75. The van der Waals surface area contributed by atoms with Gasteiger partial charge in [0.15, 0.2) is 17.3 Å². The first-order valence-electron chi connectivity index (χ1n) is 5.62. The van der Waals surface area contributed by atoms with E-state index in [4.69, 9.17) is 10.5 Å². The molecule has 0 amide bonds. The minimum Gasteiger partial charge on any atom is -0.494 e. The molecular formula is C12H10F4N4O. The van der Waals surface area contributed by atoms with Crippen molar-refractivity contribution in [1.82, 2.24) is 9.97 Å². The van der Waals surface area contributed by atoms with Gasteiger partial charge in [0, 0.05) is 17.8 Å². The molecule has 0 bridgehead atoms. The molecule has 5 nitrogen and oxygen atoms in total. The molecule has 1 aromatic heterocycles. The minimum atomic E-state index is -4.64. The maximum atomic E-state index is 13.2. The number of benzene rings is 1. The van der Waals surface area contributed by atoms with Crippen LogP contribution < -0.4 is 15.8 Å². The van der Waals surface area contributed by atoms with Gasteiger partial charge in [-0.3, -0.25) is 0 Å². The third kappa shape index (κ3) is 3.50. The summed E-state index contributed by atoms with van der Waals surface area (Å²) in [6.45, 7) is 0. The Hall–Kier alpha value is -2.58. The Morgan fingerprint density at radius 2 is 1.90 bits per heavy atom. The van der Waals surface area contributed by atoms with Crippen LogP contribution in [0.15, 0.2) is 24.3 Å². The average molecular weight is 302 g/mol. The van der Waals surface area contributed by atoms with Crippen LogP contribution in [0.4, 0.5) is 35.0 Å². The van der Waals surface area contributed by atoms with Crippen LogP contribution in [0.5, 0.6) is 5.75 Å². The molecule has 0 spiro atoms. The van der Waals surface area contributed by atoms with Gasteiger partial charge in [-0.15, -0.1) is 0 Å². The highest BCUT2D eigenvalue weighted by atomic mass is 19.4. The molecule has 0 radical (unpaired) electrons. The van der Waals surface area contributed by atoms with E-state index in [1.807, 2.05) is 0 Å². The van der Waals surface area contributed by atoms with Gasteiger partial charge in [-0.1, -0.05) is 0 Å². The molecule has 0 saturated heterocycles. The van der Waals surface area contributed by atoms with Crippen LogP contribution >= 0.6 is 0 Å². The van der Waals surface area contributed by atoms with Gasteiger partial charge in [-0.05, 0) is 12.1 Å². The molecule has 0 atom stereocenters. The first-order chi connectivity index (χ1) is 9.79. The summed E-state index contributed by atoms with van der Waals surface area (Å²) >= 11 is 0. The van der Waals surface area contributed by atoms with Gasteiger partial charge in [0.1, 0.15) is 5.82 Å². The lowest BCUT2D eigenvalue weighted by atomic mass is 10.3. The predicted molar refractivity (Wildman–Crippen MR) is 67.7 cm³/mol. The number of anilines is 3. The summed E-state index contributed by atoms with van der Waals surface area (Å²) in [5.41, 5.74) is 4.36. The van der Waals surface area contributed by atoms with Crippen molar-refractivity contribution in [2.45, 2.75) is 6.18 Å². The fourth-order valence-corrected chi connectivity index (χ4v) is 1.56. The summed E-state index contributed by atoms with van der Waals surface area (Å²) in [7, 11) is 1.27. The lowest BCUT2D eigenvalue weighted by molar-refractivity contribution is -0.141. The Labute approximate surface area is 116 Å². The van der Waals surface area contributed by atoms with Crippen LogP contribution in [0.3, 0.4) is 0 Å². The molecule has 1 aromatic carbocycles. The standard InChI is InChI=1S/C12H10F4N4O/c1-21-8-4-6(2-3-7(8)13)18-10-5-9(12(14,15)16)19-11(17)20-10/h2-5H,1H3,(H3,17,18,19,20). The number of nitrogens with two attached hydrogens (primary N) is 1. The third-order valence-corrected chi connectivity index (χ3v) is 2.46. The molecule has 3 N–H and O–H groups in total. The number of nitrogens with one attached hydrogen (secondary N) is 1. The molecule has 2 aromatic rings. The van der Waals surface area contributed by atoms with E-state index in [2.05, 4.69) is 15.3 Å². The van der Waals surface area contributed by atoms with E-state index in [9.17, 15) is 17.6 Å². The molecule has 2 rings (SSSR count). The molecule has 0 saturated carbocycles. The largest absolute Gasteiger partial charge is 0.494 e. The molecule has 0 unspecified atom stereocenters. The fourth-order valence-electron chi connectivity index (χ4n) is 1.56. The van der Waals surface area contributed by atoms with Crippen LogP contribution in [0.25, 0.3) is 0 Å². The fraction of sp³-hybridized carbons (Fsp3) is 0.167. The van der Waals surface area contributed by atoms with E-state index >= 15 is 0 Å². The monoisotopic (exact) mass is 302 g/mol. The van der Waals surface area contributed by atoms with Crippen molar-refractivity contribution in [2.75, 3.05) is 18.2 Å². The second kappa shape index (κ2) is 5.43. The zero-order valence-electron chi connectivity index (χ0n) is 10.7. The average Bonchev–Trinajstić information content (AvgIpc) is 2.39. The third-order valence-electron chi connectivity index (χ3n) is 2.46. The van der Waals surface area contributed by atoms with E-state index in [0.717, 1.165) is 6.07 Å². The molecule has 1 heterocycles. The van der Waals surface area contributed by atoms with E-state index in [1.54, 1.807) is 0 Å². The van der Waals surface area contributed by atoms with Crippen molar-refractivity contribution >= 4 is 17.5 Å². The molecule has 0 aliphatic carbocycles. The number of alkyl halides is 3. The Balaban J connectivity index is 2.33. The van der Waals surface area contributed by atoms with E-state index < -0.39 is 23.6 Å². The quantitative estimate of drug-likeness (QED) is 0.853. The van der Waals surface area contributed by atoms with E-state index in [1.165, 1.54) is 19.2 Å². The van der Waals surface area contributed by atoms with Gasteiger partial charge in [0.25, 0.3) is 0 Å². The SMILES string of the molecule is COc1cc(Nc2cc(C(F)(F)F)nc(N)n2)ccc1F. The zero-order valence-corrected chi connectivity index (χ0v) is 10.7. The Morgan fingerprint density at radius 1 is 1.19 bits per heavy atom. The summed E-state index contributed by atoms with van der Waals surface area (Å²) in [6, 6.07) is 4.41. The number of hydrogen-bond acceptors (Lipinski definition) is 5. The van der Waals surface area contributed by atoms with Crippen LogP contribution in [0.1, 0.15) is 5.69 Å². The number of hydrogen-bond donors (Lipinski definition) is 2. The molecule has 21 heavy (non-hydrogen) atoms.